The Kier molecular flexibility index (Phi) is 6.78. The second kappa shape index (κ2) is 10.3. The highest BCUT2D eigenvalue weighted by molar-refractivity contribution is 6.33. The number of benzene rings is 3. The Morgan fingerprint density at radius 3 is 2.54 bits per heavy atom. The zero-order valence-corrected chi connectivity index (χ0v) is 20.9. The first-order valence-electron chi connectivity index (χ1n) is 11.4. The van der Waals surface area contributed by atoms with Crippen LogP contribution in [0.1, 0.15) is 11.1 Å². The van der Waals surface area contributed by atoms with Gasteiger partial charge in [-0.05, 0) is 42.0 Å². The van der Waals surface area contributed by atoms with Crippen molar-refractivity contribution in [3.63, 3.8) is 0 Å². The summed E-state index contributed by atoms with van der Waals surface area (Å²) in [6.07, 6.45) is 0. The second-order valence-corrected chi connectivity index (χ2v) is 8.78. The van der Waals surface area contributed by atoms with Crippen molar-refractivity contribution in [1.29, 1.82) is 0 Å². The molecular formula is C27H24ClN3O6. The number of rotatable bonds is 7. The van der Waals surface area contributed by atoms with E-state index in [9.17, 15) is 9.59 Å². The van der Waals surface area contributed by atoms with Crippen LogP contribution in [0.15, 0.2) is 65.5 Å². The summed E-state index contributed by atoms with van der Waals surface area (Å²) in [5, 5.41) is 3.99. The van der Waals surface area contributed by atoms with E-state index in [-0.39, 0.29) is 25.4 Å². The molecule has 37 heavy (non-hydrogen) atoms. The Bertz CT molecular complexity index is 1540. The van der Waals surface area contributed by atoms with Gasteiger partial charge in [0.25, 0.3) is 5.56 Å². The summed E-state index contributed by atoms with van der Waals surface area (Å²) in [6, 6.07) is 17.2. The lowest BCUT2D eigenvalue weighted by Crippen LogP contribution is -2.35. The molecule has 9 nitrogen and oxygen atoms in total. The third-order valence-electron chi connectivity index (χ3n) is 6.00. The van der Waals surface area contributed by atoms with E-state index in [0.29, 0.717) is 44.8 Å². The molecule has 2 N–H and O–H groups in total. The molecule has 5 rings (SSSR count). The molecule has 0 saturated heterocycles. The minimum absolute atomic E-state index is 0.0321. The van der Waals surface area contributed by atoms with Crippen LogP contribution in [0.4, 0.5) is 10.5 Å². The van der Waals surface area contributed by atoms with E-state index in [4.69, 9.17) is 30.5 Å². The standard InChI is InChI=1S/C27H24ClN3O6/c1-34-23-11-17-10-18(26(32)29-21(17)12-24(23)35-2)14-31(27(33)30-20-6-4-3-5-19(20)28)13-16-7-8-22-25(9-16)37-15-36-22/h3-12H,13-15H2,1-2H3,(H,29,32)(H,30,33). The van der Waals surface area contributed by atoms with Crippen LogP contribution >= 0.6 is 11.6 Å². The minimum atomic E-state index is -0.419. The largest absolute Gasteiger partial charge is 0.493 e. The van der Waals surface area contributed by atoms with Crippen molar-refractivity contribution in [2.24, 2.45) is 0 Å². The van der Waals surface area contributed by atoms with Crippen LogP contribution in [0.3, 0.4) is 0 Å². The summed E-state index contributed by atoms with van der Waals surface area (Å²) in [4.78, 5) is 30.8. The summed E-state index contributed by atoms with van der Waals surface area (Å²) < 4.78 is 21.6. The molecule has 0 saturated carbocycles. The van der Waals surface area contributed by atoms with E-state index >= 15 is 0 Å². The quantitative estimate of drug-likeness (QED) is 0.348. The highest BCUT2D eigenvalue weighted by atomic mass is 35.5. The van der Waals surface area contributed by atoms with Gasteiger partial charge in [-0.1, -0.05) is 29.8 Å². The number of nitrogens with one attached hydrogen (secondary N) is 2. The minimum Gasteiger partial charge on any atom is -0.493 e. The van der Waals surface area contributed by atoms with Crippen LogP contribution in [0.5, 0.6) is 23.0 Å². The van der Waals surface area contributed by atoms with Crippen LogP contribution in [0.2, 0.25) is 5.02 Å². The van der Waals surface area contributed by atoms with E-state index in [2.05, 4.69) is 10.3 Å². The van der Waals surface area contributed by atoms with Crippen molar-refractivity contribution in [3.8, 4) is 23.0 Å². The first-order valence-corrected chi connectivity index (χ1v) is 11.8. The molecule has 0 aliphatic carbocycles. The fourth-order valence-corrected chi connectivity index (χ4v) is 4.30. The molecule has 1 aliphatic heterocycles. The molecule has 2 heterocycles. The third kappa shape index (κ3) is 5.12. The van der Waals surface area contributed by atoms with Crippen molar-refractivity contribution in [3.05, 3.63) is 87.2 Å². The maximum Gasteiger partial charge on any atom is 0.322 e. The smallest absolute Gasteiger partial charge is 0.322 e. The number of halogens is 1. The molecule has 190 valence electrons. The molecule has 0 atom stereocenters. The van der Waals surface area contributed by atoms with Crippen molar-refractivity contribution < 1.29 is 23.7 Å². The summed E-state index contributed by atoms with van der Waals surface area (Å²) in [5.74, 6) is 2.28. The number of anilines is 1. The van der Waals surface area contributed by atoms with Crippen molar-refractivity contribution in [2.75, 3.05) is 26.3 Å². The Balaban J connectivity index is 1.49. The predicted octanol–water partition coefficient (Wildman–Crippen LogP) is 5.16. The molecular weight excluding hydrogens is 498 g/mol. The third-order valence-corrected chi connectivity index (χ3v) is 6.33. The summed E-state index contributed by atoms with van der Waals surface area (Å²) in [5.41, 5.74) is 1.95. The summed E-state index contributed by atoms with van der Waals surface area (Å²) in [7, 11) is 3.07. The fourth-order valence-electron chi connectivity index (χ4n) is 4.12. The average molecular weight is 522 g/mol. The van der Waals surface area contributed by atoms with Gasteiger partial charge in [-0.25, -0.2) is 4.79 Å². The van der Waals surface area contributed by atoms with Crippen LogP contribution in [0, 0.1) is 0 Å². The topological polar surface area (TPSA) is 102 Å². The number of aromatic nitrogens is 1. The van der Waals surface area contributed by atoms with E-state index < -0.39 is 6.03 Å². The van der Waals surface area contributed by atoms with Gasteiger partial charge in [0, 0.05) is 23.6 Å². The zero-order valence-electron chi connectivity index (χ0n) is 20.2. The fraction of sp³-hybridized carbons (Fsp3) is 0.185. The van der Waals surface area contributed by atoms with E-state index in [1.54, 1.807) is 55.6 Å². The number of methoxy groups -OCH3 is 2. The van der Waals surface area contributed by atoms with Crippen molar-refractivity contribution in [2.45, 2.75) is 13.1 Å². The number of ether oxygens (including phenoxy) is 4. The number of aromatic amines is 1. The molecule has 1 aromatic heterocycles. The summed E-state index contributed by atoms with van der Waals surface area (Å²) >= 11 is 6.26. The normalized spacial score (nSPS) is 11.9. The maximum atomic E-state index is 13.4. The van der Waals surface area contributed by atoms with E-state index in [0.717, 1.165) is 10.9 Å². The van der Waals surface area contributed by atoms with Crippen molar-refractivity contribution in [1.82, 2.24) is 9.88 Å². The van der Waals surface area contributed by atoms with Gasteiger partial charge in [0.15, 0.2) is 23.0 Å². The van der Waals surface area contributed by atoms with Gasteiger partial charge < -0.3 is 34.1 Å². The molecule has 0 radical (unpaired) electrons. The molecule has 0 unspecified atom stereocenters. The lowest BCUT2D eigenvalue weighted by atomic mass is 10.1. The van der Waals surface area contributed by atoms with E-state index in [1.165, 1.54) is 12.0 Å². The Morgan fingerprint density at radius 1 is 1.00 bits per heavy atom. The SMILES string of the molecule is COc1cc2cc(CN(Cc3ccc4c(c3)OCO4)C(=O)Nc3ccccc3Cl)c(=O)[nH]c2cc1OC. The van der Waals surface area contributed by atoms with Crippen LogP contribution in [0.25, 0.3) is 10.9 Å². The lowest BCUT2D eigenvalue weighted by Gasteiger charge is -2.24. The number of pyridine rings is 1. The van der Waals surface area contributed by atoms with Gasteiger partial charge in [0.05, 0.1) is 37.0 Å². The number of amides is 2. The van der Waals surface area contributed by atoms with Gasteiger partial charge in [-0.15, -0.1) is 0 Å². The highest BCUT2D eigenvalue weighted by Crippen LogP contribution is 2.34. The molecule has 2 amide bonds. The number of H-pyrrole nitrogens is 1. The molecule has 0 spiro atoms. The Morgan fingerprint density at radius 2 is 1.76 bits per heavy atom. The maximum absolute atomic E-state index is 13.4. The second-order valence-electron chi connectivity index (χ2n) is 8.37. The molecule has 0 fully saturated rings. The first kappa shape index (κ1) is 24.3. The monoisotopic (exact) mass is 521 g/mol. The lowest BCUT2D eigenvalue weighted by molar-refractivity contribution is 0.174. The van der Waals surface area contributed by atoms with Gasteiger partial charge in [-0.2, -0.15) is 0 Å². The zero-order chi connectivity index (χ0) is 25.9. The number of hydrogen-bond donors (Lipinski definition) is 2. The Hall–Kier alpha value is -4.37. The highest BCUT2D eigenvalue weighted by Gasteiger charge is 2.20. The molecule has 3 aromatic carbocycles. The number of nitrogens with zero attached hydrogens (tertiary/aromatic N) is 1. The number of para-hydroxylation sites is 1. The number of hydrogen-bond acceptors (Lipinski definition) is 6. The number of urea groups is 1. The van der Waals surface area contributed by atoms with E-state index in [1.807, 2.05) is 12.1 Å². The average Bonchev–Trinajstić information content (AvgIpc) is 3.37. The number of carbonyl (C=O) groups excluding carboxylic acids is 1. The van der Waals surface area contributed by atoms with Crippen molar-refractivity contribution >= 4 is 34.2 Å². The number of fused-ring (bicyclic) bond motifs is 2. The van der Waals surface area contributed by atoms with Gasteiger partial charge in [-0.3, -0.25) is 4.79 Å². The van der Waals surface area contributed by atoms with Crippen LogP contribution in [-0.2, 0) is 13.1 Å². The van der Waals surface area contributed by atoms with Gasteiger partial charge >= 0.3 is 6.03 Å². The van der Waals surface area contributed by atoms with Gasteiger partial charge in [0.2, 0.25) is 6.79 Å². The summed E-state index contributed by atoms with van der Waals surface area (Å²) in [6.45, 7) is 0.386. The molecule has 10 heteroatoms. The molecule has 4 aromatic rings. The predicted molar refractivity (Wildman–Crippen MR) is 140 cm³/mol. The molecule has 1 aliphatic rings. The molecule has 0 bridgehead atoms. The number of carbonyl (C=O) groups is 1. The Labute approximate surface area is 217 Å². The van der Waals surface area contributed by atoms with Crippen LogP contribution < -0.4 is 29.8 Å². The van der Waals surface area contributed by atoms with Crippen LogP contribution in [-0.4, -0.2) is 36.9 Å². The first-order chi connectivity index (χ1) is 17.9. The van der Waals surface area contributed by atoms with Gasteiger partial charge in [0.1, 0.15) is 0 Å².